The molecule has 0 amide bonds. The zero-order valence-electron chi connectivity index (χ0n) is 10.7. The Morgan fingerprint density at radius 3 is 3.00 bits per heavy atom. The number of hydrogen-bond donors (Lipinski definition) is 1. The lowest BCUT2D eigenvalue weighted by molar-refractivity contribution is 0.634. The average Bonchev–Trinajstić information content (AvgIpc) is 2.86. The van der Waals surface area contributed by atoms with Gasteiger partial charge in [0.25, 0.3) is 0 Å². The van der Waals surface area contributed by atoms with Gasteiger partial charge >= 0.3 is 0 Å². The summed E-state index contributed by atoms with van der Waals surface area (Å²) in [5.74, 6) is 0.904. The summed E-state index contributed by atoms with van der Waals surface area (Å²) in [6, 6.07) is 4.34. The number of nitrogens with zero attached hydrogens (tertiary/aromatic N) is 3. The predicted octanol–water partition coefficient (Wildman–Crippen LogP) is 2.93. The van der Waals surface area contributed by atoms with Gasteiger partial charge in [0, 0.05) is 24.2 Å². The third-order valence-electron chi connectivity index (χ3n) is 2.65. The number of hydrogen-bond acceptors (Lipinski definition) is 6. The smallest absolute Gasteiger partial charge is 0.176 e. The van der Waals surface area contributed by atoms with Gasteiger partial charge < -0.3 is 5.32 Å². The Morgan fingerprint density at radius 2 is 2.33 bits per heavy atom. The summed E-state index contributed by atoms with van der Waals surface area (Å²) in [4.78, 5) is 8.90. The van der Waals surface area contributed by atoms with Crippen LogP contribution in [-0.4, -0.2) is 21.4 Å². The summed E-state index contributed by atoms with van der Waals surface area (Å²) in [6.45, 7) is 4.18. The maximum atomic E-state index is 4.46. The number of nitrogens with one attached hydrogen (secondary N) is 1. The van der Waals surface area contributed by atoms with Gasteiger partial charge in [0.2, 0.25) is 0 Å². The van der Waals surface area contributed by atoms with E-state index in [0.29, 0.717) is 0 Å². The lowest BCUT2D eigenvalue weighted by Gasteiger charge is -2.13. The van der Waals surface area contributed by atoms with Crippen molar-refractivity contribution in [1.29, 1.82) is 0 Å². The van der Waals surface area contributed by atoms with Crippen LogP contribution in [0.1, 0.15) is 31.3 Å². The summed E-state index contributed by atoms with van der Waals surface area (Å²) >= 11 is 3.03. The van der Waals surface area contributed by atoms with E-state index in [-0.39, 0.29) is 6.04 Å². The normalized spacial score (nSPS) is 12.6. The zero-order chi connectivity index (χ0) is 13.0. The monoisotopic (exact) mass is 280 g/mol. The summed E-state index contributed by atoms with van der Waals surface area (Å²) in [5, 5.41) is 4.24. The fraction of sp³-hybridized carbons (Fsp3) is 0.417. The van der Waals surface area contributed by atoms with E-state index in [9.17, 15) is 0 Å². The molecule has 0 spiro atoms. The fourth-order valence-electron chi connectivity index (χ4n) is 1.48. The molecule has 2 heterocycles. The molecule has 1 unspecified atom stereocenters. The lowest BCUT2D eigenvalue weighted by Crippen LogP contribution is -2.13. The number of aryl methyl sites for hydroxylation is 1. The number of pyridine rings is 1. The standard InChI is InChI=1S/C12H16N4S2/c1-4-10-15-12(18-16-10)17-11-9(8(2)13-3)6-5-7-14-11/h5-8,13H,4H2,1-3H3. The summed E-state index contributed by atoms with van der Waals surface area (Å²) in [6.07, 6.45) is 2.69. The zero-order valence-corrected chi connectivity index (χ0v) is 12.3. The first-order valence-corrected chi connectivity index (χ1v) is 7.46. The SMILES string of the molecule is CCc1nsc(Sc2ncccc2C(C)NC)n1. The molecule has 0 saturated carbocycles. The highest BCUT2D eigenvalue weighted by Crippen LogP contribution is 2.32. The highest BCUT2D eigenvalue weighted by molar-refractivity contribution is 8.00. The quantitative estimate of drug-likeness (QED) is 0.912. The Labute approximate surface area is 115 Å². The Kier molecular flexibility index (Phi) is 4.68. The highest BCUT2D eigenvalue weighted by atomic mass is 32.2. The molecule has 1 N–H and O–H groups in total. The largest absolute Gasteiger partial charge is 0.313 e. The molecule has 0 aromatic carbocycles. The van der Waals surface area contributed by atoms with E-state index in [1.54, 1.807) is 11.8 Å². The molecule has 18 heavy (non-hydrogen) atoms. The van der Waals surface area contributed by atoms with Gasteiger partial charge in [-0.25, -0.2) is 9.97 Å². The van der Waals surface area contributed by atoms with Crippen LogP contribution in [-0.2, 0) is 6.42 Å². The van der Waals surface area contributed by atoms with Crippen LogP contribution in [0.2, 0.25) is 0 Å². The van der Waals surface area contributed by atoms with Crippen molar-refractivity contribution in [3.63, 3.8) is 0 Å². The first-order chi connectivity index (χ1) is 8.74. The van der Waals surface area contributed by atoms with Crippen molar-refractivity contribution in [3.8, 4) is 0 Å². The van der Waals surface area contributed by atoms with Crippen molar-refractivity contribution in [3.05, 3.63) is 29.7 Å². The van der Waals surface area contributed by atoms with Crippen LogP contribution >= 0.6 is 23.3 Å². The van der Waals surface area contributed by atoms with Crippen LogP contribution in [0.25, 0.3) is 0 Å². The van der Waals surface area contributed by atoms with E-state index in [0.717, 1.165) is 21.6 Å². The first-order valence-electron chi connectivity index (χ1n) is 5.87. The van der Waals surface area contributed by atoms with Gasteiger partial charge in [-0.3, -0.25) is 0 Å². The topological polar surface area (TPSA) is 50.7 Å². The summed E-state index contributed by atoms with van der Waals surface area (Å²) in [7, 11) is 1.95. The van der Waals surface area contributed by atoms with Gasteiger partial charge in [-0.1, -0.05) is 13.0 Å². The molecule has 4 nitrogen and oxygen atoms in total. The third-order valence-corrected chi connectivity index (χ3v) is 4.47. The van der Waals surface area contributed by atoms with Gasteiger partial charge in [0.1, 0.15) is 10.9 Å². The van der Waals surface area contributed by atoms with Crippen molar-refractivity contribution in [2.75, 3.05) is 7.05 Å². The Morgan fingerprint density at radius 1 is 1.50 bits per heavy atom. The molecule has 0 aliphatic carbocycles. The van der Waals surface area contributed by atoms with E-state index >= 15 is 0 Å². The predicted molar refractivity (Wildman–Crippen MR) is 75.1 cm³/mol. The van der Waals surface area contributed by atoms with Gasteiger partial charge in [0.15, 0.2) is 4.34 Å². The Balaban J connectivity index is 2.23. The molecule has 0 saturated heterocycles. The molecule has 0 fully saturated rings. The minimum Gasteiger partial charge on any atom is -0.313 e. The van der Waals surface area contributed by atoms with Gasteiger partial charge in [-0.05, 0) is 43.3 Å². The second-order valence-corrected chi connectivity index (χ2v) is 5.83. The summed E-state index contributed by atoms with van der Waals surface area (Å²) in [5.41, 5.74) is 1.19. The number of rotatable bonds is 5. The molecular weight excluding hydrogens is 264 g/mol. The van der Waals surface area contributed by atoms with Crippen molar-refractivity contribution in [2.24, 2.45) is 0 Å². The molecule has 1 atom stereocenters. The number of aromatic nitrogens is 3. The molecule has 2 aromatic rings. The van der Waals surface area contributed by atoms with Crippen LogP contribution < -0.4 is 5.32 Å². The highest BCUT2D eigenvalue weighted by Gasteiger charge is 2.13. The van der Waals surface area contributed by atoms with Crippen LogP contribution in [0.3, 0.4) is 0 Å². The molecule has 2 aromatic heterocycles. The van der Waals surface area contributed by atoms with Crippen LogP contribution in [0.15, 0.2) is 27.7 Å². The van der Waals surface area contributed by atoms with Crippen molar-refractivity contribution >= 4 is 23.3 Å². The van der Waals surface area contributed by atoms with Crippen LogP contribution in [0, 0.1) is 0 Å². The average molecular weight is 280 g/mol. The van der Waals surface area contributed by atoms with E-state index in [1.165, 1.54) is 17.1 Å². The Bertz CT molecular complexity index is 512. The third kappa shape index (κ3) is 3.07. The van der Waals surface area contributed by atoms with Gasteiger partial charge in [-0.15, -0.1) is 0 Å². The van der Waals surface area contributed by atoms with Crippen molar-refractivity contribution < 1.29 is 0 Å². The minimum atomic E-state index is 0.278. The first kappa shape index (κ1) is 13.5. The second kappa shape index (κ2) is 6.26. The van der Waals surface area contributed by atoms with E-state index in [2.05, 4.69) is 39.6 Å². The maximum absolute atomic E-state index is 4.46. The minimum absolute atomic E-state index is 0.278. The molecule has 0 aliphatic heterocycles. The van der Waals surface area contributed by atoms with Gasteiger partial charge in [-0.2, -0.15) is 4.37 Å². The maximum Gasteiger partial charge on any atom is 0.176 e. The van der Waals surface area contributed by atoms with Crippen LogP contribution in [0.4, 0.5) is 0 Å². The fourth-order valence-corrected chi connectivity index (χ4v) is 3.27. The summed E-state index contributed by atoms with van der Waals surface area (Å²) < 4.78 is 5.25. The van der Waals surface area contributed by atoms with E-state index < -0.39 is 0 Å². The lowest BCUT2D eigenvalue weighted by atomic mass is 10.1. The molecule has 96 valence electrons. The van der Waals surface area contributed by atoms with Gasteiger partial charge in [0.05, 0.1) is 0 Å². The molecule has 2 rings (SSSR count). The molecule has 0 bridgehead atoms. The second-order valence-electron chi connectivity index (χ2n) is 3.84. The van der Waals surface area contributed by atoms with Crippen LogP contribution in [0.5, 0.6) is 0 Å². The Hall–Kier alpha value is -0.980. The molecule has 0 radical (unpaired) electrons. The van der Waals surface area contributed by atoms with Crippen molar-refractivity contribution in [1.82, 2.24) is 19.7 Å². The van der Waals surface area contributed by atoms with Crippen molar-refractivity contribution in [2.45, 2.75) is 35.7 Å². The van der Waals surface area contributed by atoms with E-state index in [4.69, 9.17) is 0 Å². The molecule has 0 aliphatic rings. The van der Waals surface area contributed by atoms with E-state index in [1.807, 2.05) is 19.3 Å². The molecular formula is C12H16N4S2. The molecule has 6 heteroatoms.